The fraction of sp³-hybridized carbons (Fsp3) is 0.0476. The zero-order valence-electron chi connectivity index (χ0n) is 12.8. The summed E-state index contributed by atoms with van der Waals surface area (Å²) in [5, 5.41) is 5.12. The van der Waals surface area contributed by atoms with Crippen LogP contribution in [-0.4, -0.2) is 0 Å². The zero-order valence-corrected chi connectivity index (χ0v) is 15.2. The van der Waals surface area contributed by atoms with Gasteiger partial charge in [-0.1, -0.05) is 70.5 Å². The minimum atomic E-state index is 0.180. The Morgan fingerprint density at radius 3 is 2.46 bits per heavy atom. The molecule has 116 valence electrons. The van der Waals surface area contributed by atoms with Crippen LogP contribution in [-0.2, 0) is 0 Å². The van der Waals surface area contributed by atoms with E-state index in [4.69, 9.17) is 0 Å². The second-order valence-corrected chi connectivity index (χ2v) is 7.99. The number of benzene rings is 3. The Labute approximate surface area is 153 Å². The molecule has 0 amide bonds. The average molecular weight is 392 g/mol. The van der Waals surface area contributed by atoms with Crippen LogP contribution in [0.5, 0.6) is 0 Å². The van der Waals surface area contributed by atoms with E-state index in [0.717, 1.165) is 4.47 Å². The molecule has 1 aromatic heterocycles. The lowest BCUT2D eigenvalue weighted by Gasteiger charge is -2.28. The van der Waals surface area contributed by atoms with Crippen molar-refractivity contribution in [2.75, 3.05) is 5.32 Å². The van der Waals surface area contributed by atoms with E-state index in [1.807, 2.05) is 11.3 Å². The van der Waals surface area contributed by atoms with Crippen LogP contribution in [0.25, 0.3) is 20.5 Å². The standard InChI is InChI=1S/C21H14BrNS/c22-14-11-9-13(10-12-14)19-15-5-1-2-6-16(15)21-20(23-19)17-7-3-4-8-18(17)24-21/h1-12,19,23H. The molecule has 1 aliphatic rings. The number of anilines is 1. The first-order valence-electron chi connectivity index (χ1n) is 7.94. The summed E-state index contributed by atoms with van der Waals surface area (Å²) in [6.45, 7) is 0. The van der Waals surface area contributed by atoms with Gasteiger partial charge in [0, 0.05) is 14.6 Å². The maximum Gasteiger partial charge on any atom is 0.0774 e. The van der Waals surface area contributed by atoms with Gasteiger partial charge in [-0.2, -0.15) is 0 Å². The van der Waals surface area contributed by atoms with Crippen molar-refractivity contribution in [3.8, 4) is 10.4 Å². The van der Waals surface area contributed by atoms with E-state index in [2.05, 4.69) is 94.0 Å². The lowest BCUT2D eigenvalue weighted by atomic mass is 9.90. The minimum Gasteiger partial charge on any atom is -0.372 e. The SMILES string of the molecule is Brc1ccc(C2Nc3c(sc4ccccc34)-c3ccccc32)cc1. The average Bonchev–Trinajstić information content (AvgIpc) is 3.01. The number of hydrogen-bond donors (Lipinski definition) is 1. The third kappa shape index (κ3) is 2.12. The van der Waals surface area contributed by atoms with Crippen LogP contribution in [0.2, 0.25) is 0 Å². The topological polar surface area (TPSA) is 12.0 Å². The second-order valence-electron chi connectivity index (χ2n) is 6.02. The van der Waals surface area contributed by atoms with Gasteiger partial charge in [0.05, 0.1) is 16.6 Å². The third-order valence-electron chi connectivity index (χ3n) is 4.60. The van der Waals surface area contributed by atoms with E-state index in [-0.39, 0.29) is 6.04 Å². The molecule has 0 aliphatic carbocycles. The summed E-state index contributed by atoms with van der Waals surface area (Å²) in [6, 6.07) is 26.2. The molecule has 0 fully saturated rings. The molecule has 1 N–H and O–H groups in total. The van der Waals surface area contributed by atoms with Crippen molar-refractivity contribution in [1.82, 2.24) is 0 Å². The van der Waals surface area contributed by atoms with Crippen molar-refractivity contribution in [3.05, 3.63) is 88.4 Å². The first-order valence-corrected chi connectivity index (χ1v) is 9.55. The Kier molecular flexibility index (Phi) is 3.25. The van der Waals surface area contributed by atoms with Crippen molar-refractivity contribution in [2.45, 2.75) is 6.04 Å². The van der Waals surface area contributed by atoms with Gasteiger partial charge < -0.3 is 5.32 Å². The maximum atomic E-state index is 3.81. The molecule has 1 atom stereocenters. The molecule has 0 radical (unpaired) electrons. The van der Waals surface area contributed by atoms with Crippen LogP contribution in [0.4, 0.5) is 5.69 Å². The molecule has 0 spiro atoms. The molecular formula is C21H14BrNS. The minimum absolute atomic E-state index is 0.180. The summed E-state index contributed by atoms with van der Waals surface area (Å²) in [5.41, 5.74) is 5.24. The molecule has 2 heterocycles. The van der Waals surface area contributed by atoms with Crippen LogP contribution < -0.4 is 5.32 Å². The predicted octanol–water partition coefficient (Wildman–Crippen LogP) is 6.85. The van der Waals surface area contributed by atoms with Crippen molar-refractivity contribution < 1.29 is 0 Å². The van der Waals surface area contributed by atoms with Gasteiger partial charge in [-0.3, -0.25) is 0 Å². The lowest BCUT2D eigenvalue weighted by Crippen LogP contribution is -2.17. The third-order valence-corrected chi connectivity index (χ3v) is 6.34. The highest BCUT2D eigenvalue weighted by Gasteiger charge is 2.27. The van der Waals surface area contributed by atoms with E-state index in [9.17, 15) is 0 Å². The number of nitrogens with one attached hydrogen (secondary N) is 1. The van der Waals surface area contributed by atoms with Crippen LogP contribution in [0.3, 0.4) is 0 Å². The largest absolute Gasteiger partial charge is 0.372 e. The molecule has 5 rings (SSSR count). The highest BCUT2D eigenvalue weighted by Crippen LogP contribution is 2.50. The molecular weight excluding hydrogens is 378 g/mol. The van der Waals surface area contributed by atoms with Crippen molar-refractivity contribution >= 4 is 43.0 Å². The van der Waals surface area contributed by atoms with Gasteiger partial charge in [0.15, 0.2) is 0 Å². The number of rotatable bonds is 1. The number of fused-ring (bicyclic) bond motifs is 5. The Hall–Kier alpha value is -2.10. The molecule has 3 aromatic carbocycles. The monoisotopic (exact) mass is 391 g/mol. The number of hydrogen-bond acceptors (Lipinski definition) is 2. The summed E-state index contributed by atoms with van der Waals surface area (Å²) in [7, 11) is 0. The van der Waals surface area contributed by atoms with E-state index in [1.165, 1.54) is 37.3 Å². The fourth-order valence-corrected chi connectivity index (χ4v) is 4.95. The smallest absolute Gasteiger partial charge is 0.0774 e. The van der Waals surface area contributed by atoms with Gasteiger partial charge in [0.2, 0.25) is 0 Å². The molecule has 1 nitrogen and oxygen atoms in total. The van der Waals surface area contributed by atoms with Crippen molar-refractivity contribution in [1.29, 1.82) is 0 Å². The van der Waals surface area contributed by atoms with Gasteiger partial charge in [0.1, 0.15) is 0 Å². The van der Waals surface area contributed by atoms with E-state index in [1.54, 1.807) is 0 Å². The molecule has 1 unspecified atom stereocenters. The summed E-state index contributed by atoms with van der Waals surface area (Å²) < 4.78 is 2.44. The predicted molar refractivity (Wildman–Crippen MR) is 107 cm³/mol. The normalized spacial score (nSPS) is 15.6. The van der Waals surface area contributed by atoms with E-state index < -0.39 is 0 Å². The van der Waals surface area contributed by atoms with Gasteiger partial charge in [0.25, 0.3) is 0 Å². The summed E-state index contributed by atoms with van der Waals surface area (Å²) in [6.07, 6.45) is 0. The molecule has 0 saturated carbocycles. The van der Waals surface area contributed by atoms with Crippen molar-refractivity contribution in [3.63, 3.8) is 0 Å². The second kappa shape index (κ2) is 5.47. The van der Waals surface area contributed by atoms with Gasteiger partial charge >= 0.3 is 0 Å². The Balaban J connectivity index is 1.77. The molecule has 0 bridgehead atoms. The fourth-order valence-electron chi connectivity index (χ4n) is 3.47. The highest BCUT2D eigenvalue weighted by molar-refractivity contribution is 9.10. The summed E-state index contributed by atoms with van der Waals surface area (Å²) >= 11 is 5.41. The van der Waals surface area contributed by atoms with Crippen LogP contribution in [0, 0.1) is 0 Å². The Morgan fingerprint density at radius 2 is 1.58 bits per heavy atom. The highest BCUT2D eigenvalue weighted by atomic mass is 79.9. The molecule has 3 heteroatoms. The Morgan fingerprint density at radius 1 is 0.833 bits per heavy atom. The number of thiophene rings is 1. The summed E-state index contributed by atoms with van der Waals surface area (Å²) in [4.78, 5) is 1.35. The quantitative estimate of drug-likeness (QED) is 0.374. The van der Waals surface area contributed by atoms with Crippen LogP contribution in [0.1, 0.15) is 17.2 Å². The molecule has 24 heavy (non-hydrogen) atoms. The van der Waals surface area contributed by atoms with E-state index in [0.29, 0.717) is 0 Å². The summed E-state index contributed by atoms with van der Waals surface area (Å²) in [5.74, 6) is 0. The molecule has 4 aromatic rings. The maximum absolute atomic E-state index is 3.81. The molecule has 0 saturated heterocycles. The molecule has 1 aliphatic heterocycles. The van der Waals surface area contributed by atoms with Gasteiger partial charge in [-0.25, -0.2) is 0 Å². The first kappa shape index (κ1) is 14.3. The van der Waals surface area contributed by atoms with Gasteiger partial charge in [-0.15, -0.1) is 11.3 Å². The number of halogens is 1. The first-order chi connectivity index (χ1) is 11.8. The van der Waals surface area contributed by atoms with E-state index >= 15 is 0 Å². The lowest BCUT2D eigenvalue weighted by molar-refractivity contribution is 0.935. The zero-order chi connectivity index (χ0) is 16.1. The van der Waals surface area contributed by atoms with Crippen LogP contribution >= 0.6 is 27.3 Å². The Bertz CT molecular complexity index is 1050. The van der Waals surface area contributed by atoms with Crippen molar-refractivity contribution in [2.24, 2.45) is 0 Å². The van der Waals surface area contributed by atoms with Crippen LogP contribution in [0.15, 0.2) is 77.3 Å². The van der Waals surface area contributed by atoms with Gasteiger partial charge in [-0.05, 0) is 34.9 Å².